The molecule has 5 heteroatoms. The van der Waals surface area contributed by atoms with Gasteiger partial charge in [0.15, 0.2) is 0 Å². The standard InChI is InChI=1S/C11H15Cl2NO2/c1-7(15)6-16-11-8(5-14-2)3-9(12)4-10(11)13/h3-4,7,14-15H,5-6H2,1-2H3. The van der Waals surface area contributed by atoms with Crippen LogP contribution in [0, 0.1) is 0 Å². The first-order chi connectivity index (χ1) is 7.54. The van der Waals surface area contributed by atoms with Crippen LogP contribution in [-0.2, 0) is 6.54 Å². The Labute approximate surface area is 105 Å². The van der Waals surface area contributed by atoms with Gasteiger partial charge in [-0.15, -0.1) is 0 Å². The highest BCUT2D eigenvalue weighted by molar-refractivity contribution is 6.35. The van der Waals surface area contributed by atoms with E-state index in [0.717, 1.165) is 5.56 Å². The lowest BCUT2D eigenvalue weighted by atomic mass is 10.2. The number of aliphatic hydroxyl groups excluding tert-OH is 1. The second-order valence-electron chi connectivity index (χ2n) is 3.57. The molecule has 0 amide bonds. The van der Waals surface area contributed by atoms with Crippen molar-refractivity contribution in [1.82, 2.24) is 5.32 Å². The van der Waals surface area contributed by atoms with Crippen LogP contribution in [0.1, 0.15) is 12.5 Å². The number of hydrogen-bond acceptors (Lipinski definition) is 3. The molecule has 16 heavy (non-hydrogen) atoms. The van der Waals surface area contributed by atoms with E-state index < -0.39 is 6.10 Å². The molecule has 3 nitrogen and oxygen atoms in total. The lowest BCUT2D eigenvalue weighted by Gasteiger charge is -2.14. The molecule has 2 N–H and O–H groups in total. The maximum absolute atomic E-state index is 9.17. The van der Waals surface area contributed by atoms with Gasteiger partial charge in [-0.25, -0.2) is 0 Å². The van der Waals surface area contributed by atoms with E-state index in [1.165, 1.54) is 0 Å². The van der Waals surface area contributed by atoms with E-state index in [4.69, 9.17) is 27.9 Å². The lowest BCUT2D eigenvalue weighted by Crippen LogP contribution is -2.15. The second-order valence-corrected chi connectivity index (χ2v) is 4.41. The molecular weight excluding hydrogens is 249 g/mol. The van der Waals surface area contributed by atoms with Gasteiger partial charge in [0, 0.05) is 17.1 Å². The molecule has 1 unspecified atom stereocenters. The Bertz CT molecular complexity index is 356. The molecule has 1 aromatic rings. The Kier molecular flexibility index (Phi) is 5.35. The summed E-state index contributed by atoms with van der Waals surface area (Å²) >= 11 is 11.9. The zero-order valence-electron chi connectivity index (χ0n) is 9.26. The third-order valence-corrected chi connectivity index (χ3v) is 2.42. The number of hydrogen-bond donors (Lipinski definition) is 2. The van der Waals surface area contributed by atoms with Crippen molar-refractivity contribution in [3.63, 3.8) is 0 Å². The van der Waals surface area contributed by atoms with Gasteiger partial charge in [0.1, 0.15) is 12.4 Å². The fraction of sp³-hybridized carbons (Fsp3) is 0.455. The number of rotatable bonds is 5. The van der Waals surface area contributed by atoms with Crippen molar-refractivity contribution < 1.29 is 9.84 Å². The SMILES string of the molecule is CNCc1cc(Cl)cc(Cl)c1OCC(C)O. The first kappa shape index (κ1) is 13.6. The average molecular weight is 264 g/mol. The van der Waals surface area contributed by atoms with Crippen molar-refractivity contribution in [2.75, 3.05) is 13.7 Å². The molecule has 1 aromatic carbocycles. The molecule has 0 saturated carbocycles. The predicted molar refractivity (Wildman–Crippen MR) is 66.4 cm³/mol. The summed E-state index contributed by atoms with van der Waals surface area (Å²) in [6.07, 6.45) is -0.533. The van der Waals surface area contributed by atoms with Crippen LogP contribution in [-0.4, -0.2) is 24.9 Å². The Hall–Kier alpha value is -0.480. The van der Waals surface area contributed by atoms with Crippen LogP contribution in [0.2, 0.25) is 10.0 Å². The van der Waals surface area contributed by atoms with Gasteiger partial charge >= 0.3 is 0 Å². The number of benzene rings is 1. The van der Waals surface area contributed by atoms with Crippen molar-refractivity contribution in [1.29, 1.82) is 0 Å². The van der Waals surface area contributed by atoms with Crippen molar-refractivity contribution >= 4 is 23.2 Å². The van der Waals surface area contributed by atoms with E-state index in [0.29, 0.717) is 22.3 Å². The fourth-order valence-electron chi connectivity index (χ4n) is 1.30. The van der Waals surface area contributed by atoms with Gasteiger partial charge in [-0.2, -0.15) is 0 Å². The number of nitrogens with one attached hydrogen (secondary N) is 1. The predicted octanol–water partition coefficient (Wildman–Crippen LogP) is 2.47. The minimum Gasteiger partial charge on any atom is -0.489 e. The minimum atomic E-state index is -0.533. The topological polar surface area (TPSA) is 41.5 Å². The van der Waals surface area contributed by atoms with E-state index in [1.807, 2.05) is 7.05 Å². The second kappa shape index (κ2) is 6.30. The molecule has 90 valence electrons. The van der Waals surface area contributed by atoms with Gasteiger partial charge in [-0.3, -0.25) is 0 Å². The largest absolute Gasteiger partial charge is 0.489 e. The Balaban J connectivity index is 2.94. The van der Waals surface area contributed by atoms with Gasteiger partial charge in [0.05, 0.1) is 11.1 Å². The van der Waals surface area contributed by atoms with Crippen molar-refractivity contribution in [3.8, 4) is 5.75 Å². The summed E-state index contributed by atoms with van der Waals surface area (Å²) in [5, 5.41) is 13.2. The summed E-state index contributed by atoms with van der Waals surface area (Å²) in [6.45, 7) is 2.47. The van der Waals surface area contributed by atoms with Gasteiger partial charge in [-0.05, 0) is 26.1 Å². The molecule has 0 aliphatic heterocycles. The van der Waals surface area contributed by atoms with Crippen LogP contribution in [0.25, 0.3) is 0 Å². The van der Waals surface area contributed by atoms with Crippen LogP contribution in [0.3, 0.4) is 0 Å². The highest BCUT2D eigenvalue weighted by Crippen LogP contribution is 2.32. The Morgan fingerprint density at radius 1 is 1.44 bits per heavy atom. The zero-order chi connectivity index (χ0) is 12.1. The Morgan fingerprint density at radius 2 is 2.12 bits per heavy atom. The van der Waals surface area contributed by atoms with Crippen LogP contribution in [0.4, 0.5) is 0 Å². The van der Waals surface area contributed by atoms with E-state index in [9.17, 15) is 5.11 Å². The molecule has 0 spiro atoms. The zero-order valence-corrected chi connectivity index (χ0v) is 10.8. The highest BCUT2D eigenvalue weighted by Gasteiger charge is 2.11. The fourth-order valence-corrected chi connectivity index (χ4v) is 1.89. The summed E-state index contributed by atoms with van der Waals surface area (Å²) < 4.78 is 5.46. The summed E-state index contributed by atoms with van der Waals surface area (Å²) in [5.41, 5.74) is 0.876. The quantitative estimate of drug-likeness (QED) is 0.858. The molecule has 0 radical (unpaired) electrons. The molecule has 0 saturated heterocycles. The van der Waals surface area contributed by atoms with Crippen LogP contribution in [0.15, 0.2) is 12.1 Å². The minimum absolute atomic E-state index is 0.206. The Morgan fingerprint density at radius 3 is 2.69 bits per heavy atom. The van der Waals surface area contributed by atoms with E-state index in [2.05, 4.69) is 5.32 Å². The van der Waals surface area contributed by atoms with Gasteiger partial charge in [0.25, 0.3) is 0 Å². The molecule has 0 aliphatic carbocycles. The smallest absolute Gasteiger partial charge is 0.142 e. The maximum Gasteiger partial charge on any atom is 0.142 e. The summed E-state index contributed by atoms with van der Waals surface area (Å²) in [5.74, 6) is 0.571. The summed E-state index contributed by atoms with van der Waals surface area (Å²) in [4.78, 5) is 0. The lowest BCUT2D eigenvalue weighted by molar-refractivity contribution is 0.122. The van der Waals surface area contributed by atoms with Crippen LogP contribution >= 0.6 is 23.2 Å². The molecule has 0 heterocycles. The number of halogens is 2. The van der Waals surface area contributed by atoms with Gasteiger partial charge in [0.2, 0.25) is 0 Å². The summed E-state index contributed by atoms with van der Waals surface area (Å²) in [6, 6.07) is 3.42. The first-order valence-corrected chi connectivity index (χ1v) is 5.73. The van der Waals surface area contributed by atoms with Crippen LogP contribution < -0.4 is 10.1 Å². The molecule has 0 aromatic heterocycles. The van der Waals surface area contributed by atoms with Crippen LogP contribution in [0.5, 0.6) is 5.75 Å². The van der Waals surface area contributed by atoms with Crippen molar-refractivity contribution in [2.24, 2.45) is 0 Å². The van der Waals surface area contributed by atoms with E-state index in [1.54, 1.807) is 19.1 Å². The van der Waals surface area contributed by atoms with E-state index >= 15 is 0 Å². The maximum atomic E-state index is 9.17. The monoisotopic (exact) mass is 263 g/mol. The third kappa shape index (κ3) is 3.83. The van der Waals surface area contributed by atoms with Crippen molar-refractivity contribution in [2.45, 2.75) is 19.6 Å². The van der Waals surface area contributed by atoms with Gasteiger partial charge < -0.3 is 15.2 Å². The molecule has 1 rings (SSSR count). The summed E-state index contributed by atoms with van der Waals surface area (Å²) in [7, 11) is 1.83. The van der Waals surface area contributed by atoms with E-state index in [-0.39, 0.29) is 6.61 Å². The van der Waals surface area contributed by atoms with Crippen molar-refractivity contribution in [3.05, 3.63) is 27.7 Å². The highest BCUT2D eigenvalue weighted by atomic mass is 35.5. The number of ether oxygens (including phenoxy) is 1. The van der Waals surface area contributed by atoms with Gasteiger partial charge in [-0.1, -0.05) is 23.2 Å². The molecule has 1 atom stereocenters. The average Bonchev–Trinajstić information content (AvgIpc) is 2.16. The normalized spacial score (nSPS) is 12.6. The molecular formula is C11H15Cl2NO2. The third-order valence-electron chi connectivity index (χ3n) is 1.92. The molecule has 0 bridgehead atoms. The molecule has 0 aliphatic rings. The number of aliphatic hydroxyl groups is 1. The molecule has 0 fully saturated rings. The first-order valence-electron chi connectivity index (χ1n) is 4.98.